The zero-order chi connectivity index (χ0) is 18.2. The molecular formula is C18H19BrF2N2O2. The molecule has 2 N–H and O–H groups in total. The van der Waals surface area contributed by atoms with Crippen molar-refractivity contribution in [2.24, 2.45) is 0 Å². The van der Waals surface area contributed by atoms with Crippen LogP contribution in [0.3, 0.4) is 0 Å². The van der Waals surface area contributed by atoms with Crippen molar-refractivity contribution < 1.29 is 18.7 Å². The normalized spacial score (nSPS) is 10.9. The average Bonchev–Trinajstić information content (AvgIpc) is 2.57. The molecule has 0 radical (unpaired) electrons. The first-order chi connectivity index (χ1) is 12.0. The molecule has 0 fully saturated rings. The molecule has 0 unspecified atom stereocenters. The van der Waals surface area contributed by atoms with Crippen LogP contribution in [0.4, 0.5) is 8.78 Å². The number of amides is 1. The maximum absolute atomic E-state index is 13.9. The Balaban J connectivity index is 1.95. The number of nitrogens with one attached hydrogen (secondary N) is 1. The van der Waals surface area contributed by atoms with E-state index < -0.39 is 0 Å². The first-order valence-corrected chi connectivity index (χ1v) is 8.56. The number of rotatable bonds is 8. The van der Waals surface area contributed by atoms with Gasteiger partial charge in [0.1, 0.15) is 11.6 Å². The van der Waals surface area contributed by atoms with Crippen molar-refractivity contribution >= 4 is 21.8 Å². The fraction of sp³-hybridized carbons (Fsp3) is 0.278. The van der Waals surface area contributed by atoms with Gasteiger partial charge in [-0.3, -0.25) is 9.69 Å². The molecule has 0 aromatic heterocycles. The zero-order valence-electron chi connectivity index (χ0n) is 13.5. The summed E-state index contributed by atoms with van der Waals surface area (Å²) < 4.78 is 28.2. The Morgan fingerprint density at radius 1 is 1.12 bits per heavy atom. The predicted octanol–water partition coefficient (Wildman–Crippen LogP) is 2.84. The van der Waals surface area contributed by atoms with E-state index in [0.29, 0.717) is 11.1 Å². The predicted molar refractivity (Wildman–Crippen MR) is 94.7 cm³/mol. The standard InChI is InChI=1S/C18H19BrF2N2O2/c19-15-5-6-17(21)14(9-15)11-23(7-8-24)12-18(25)22-10-13-3-1-2-4-16(13)20/h1-6,9,24H,7-8,10-12H2,(H,22,25). The van der Waals surface area contributed by atoms with Crippen LogP contribution in [0.1, 0.15) is 11.1 Å². The van der Waals surface area contributed by atoms with Gasteiger partial charge in [0.25, 0.3) is 0 Å². The minimum absolute atomic E-state index is 0.0268. The minimum Gasteiger partial charge on any atom is -0.395 e. The maximum Gasteiger partial charge on any atom is 0.234 e. The maximum atomic E-state index is 13.9. The third-order valence-electron chi connectivity index (χ3n) is 3.62. The van der Waals surface area contributed by atoms with E-state index in [1.807, 2.05) is 0 Å². The van der Waals surface area contributed by atoms with Crippen molar-refractivity contribution in [3.05, 3.63) is 69.7 Å². The Morgan fingerprint density at radius 3 is 2.56 bits per heavy atom. The van der Waals surface area contributed by atoms with Gasteiger partial charge in [0.05, 0.1) is 13.2 Å². The number of aliphatic hydroxyl groups excluding tert-OH is 1. The summed E-state index contributed by atoms with van der Waals surface area (Å²) >= 11 is 3.28. The molecule has 2 aromatic carbocycles. The van der Waals surface area contributed by atoms with E-state index in [9.17, 15) is 13.6 Å². The molecule has 4 nitrogen and oxygen atoms in total. The van der Waals surface area contributed by atoms with Crippen LogP contribution >= 0.6 is 15.9 Å². The van der Waals surface area contributed by atoms with Gasteiger partial charge in [-0.2, -0.15) is 0 Å². The van der Waals surface area contributed by atoms with Gasteiger partial charge in [0, 0.05) is 35.2 Å². The Morgan fingerprint density at radius 2 is 1.84 bits per heavy atom. The molecule has 134 valence electrons. The molecule has 2 aromatic rings. The second kappa shape index (κ2) is 9.60. The van der Waals surface area contributed by atoms with Gasteiger partial charge in [0.15, 0.2) is 0 Å². The highest BCUT2D eigenvalue weighted by Crippen LogP contribution is 2.17. The summed E-state index contributed by atoms with van der Waals surface area (Å²) in [5, 5.41) is 11.8. The molecule has 1 amide bonds. The van der Waals surface area contributed by atoms with Crippen LogP contribution < -0.4 is 5.32 Å². The van der Waals surface area contributed by atoms with Gasteiger partial charge >= 0.3 is 0 Å². The molecule has 2 rings (SSSR count). The van der Waals surface area contributed by atoms with E-state index in [0.717, 1.165) is 4.47 Å². The number of halogens is 3. The Bertz CT molecular complexity index is 728. The van der Waals surface area contributed by atoms with E-state index in [2.05, 4.69) is 21.2 Å². The van der Waals surface area contributed by atoms with Crippen LogP contribution in [-0.4, -0.2) is 35.6 Å². The number of benzene rings is 2. The monoisotopic (exact) mass is 412 g/mol. The van der Waals surface area contributed by atoms with Crippen molar-refractivity contribution in [1.82, 2.24) is 10.2 Å². The van der Waals surface area contributed by atoms with Crippen LogP contribution in [-0.2, 0) is 17.9 Å². The van der Waals surface area contributed by atoms with Crippen LogP contribution in [0.15, 0.2) is 46.9 Å². The first kappa shape index (κ1) is 19.5. The third-order valence-corrected chi connectivity index (χ3v) is 4.11. The van der Waals surface area contributed by atoms with Gasteiger partial charge in [-0.1, -0.05) is 34.1 Å². The molecule has 0 saturated heterocycles. The summed E-state index contributed by atoms with van der Waals surface area (Å²) in [5.41, 5.74) is 0.812. The second-order valence-corrected chi connectivity index (χ2v) is 6.45. The number of hydrogen-bond acceptors (Lipinski definition) is 3. The number of carbonyl (C=O) groups excluding carboxylic acids is 1. The van der Waals surface area contributed by atoms with E-state index in [1.165, 1.54) is 12.1 Å². The van der Waals surface area contributed by atoms with E-state index in [-0.39, 0.29) is 50.3 Å². The molecule has 0 saturated carbocycles. The Hall–Kier alpha value is -1.83. The lowest BCUT2D eigenvalue weighted by molar-refractivity contribution is -0.122. The van der Waals surface area contributed by atoms with Gasteiger partial charge in [0.2, 0.25) is 5.91 Å². The van der Waals surface area contributed by atoms with E-state index in [1.54, 1.807) is 35.2 Å². The first-order valence-electron chi connectivity index (χ1n) is 7.77. The largest absolute Gasteiger partial charge is 0.395 e. The van der Waals surface area contributed by atoms with Gasteiger partial charge in [-0.15, -0.1) is 0 Å². The summed E-state index contributed by atoms with van der Waals surface area (Å²) in [6, 6.07) is 10.8. The Labute approximate surface area is 153 Å². The molecular weight excluding hydrogens is 394 g/mol. The molecule has 0 bridgehead atoms. The number of hydrogen-bond donors (Lipinski definition) is 2. The average molecular weight is 413 g/mol. The van der Waals surface area contributed by atoms with Crippen molar-refractivity contribution in [3.8, 4) is 0 Å². The van der Waals surface area contributed by atoms with Crippen LogP contribution in [0.2, 0.25) is 0 Å². The smallest absolute Gasteiger partial charge is 0.234 e. The van der Waals surface area contributed by atoms with E-state index >= 15 is 0 Å². The zero-order valence-corrected chi connectivity index (χ0v) is 15.1. The van der Waals surface area contributed by atoms with Crippen molar-refractivity contribution in [1.29, 1.82) is 0 Å². The van der Waals surface area contributed by atoms with Gasteiger partial charge in [-0.05, 0) is 24.3 Å². The fourth-order valence-corrected chi connectivity index (χ4v) is 2.76. The number of nitrogens with zero attached hydrogens (tertiary/aromatic N) is 1. The molecule has 0 aliphatic carbocycles. The summed E-state index contributed by atoms with van der Waals surface area (Å²) in [6.45, 7) is 0.291. The lowest BCUT2D eigenvalue weighted by atomic mass is 10.2. The van der Waals surface area contributed by atoms with Gasteiger partial charge < -0.3 is 10.4 Å². The fourth-order valence-electron chi connectivity index (χ4n) is 2.36. The molecule has 0 aliphatic rings. The molecule has 0 spiro atoms. The topological polar surface area (TPSA) is 52.6 Å². The summed E-state index contributed by atoms with van der Waals surface area (Å²) in [7, 11) is 0. The summed E-state index contributed by atoms with van der Waals surface area (Å²) in [5.74, 6) is -1.09. The second-order valence-electron chi connectivity index (χ2n) is 5.54. The molecule has 0 heterocycles. The van der Waals surface area contributed by atoms with Crippen molar-refractivity contribution in [2.45, 2.75) is 13.1 Å². The highest BCUT2D eigenvalue weighted by Gasteiger charge is 2.14. The summed E-state index contributed by atoms with van der Waals surface area (Å²) in [4.78, 5) is 13.7. The third kappa shape index (κ3) is 6.19. The van der Waals surface area contributed by atoms with Gasteiger partial charge in [-0.25, -0.2) is 8.78 Å². The van der Waals surface area contributed by atoms with Crippen molar-refractivity contribution in [3.63, 3.8) is 0 Å². The summed E-state index contributed by atoms with van der Waals surface area (Å²) in [6.07, 6.45) is 0. The number of carbonyl (C=O) groups is 1. The molecule has 0 aliphatic heterocycles. The highest BCUT2D eigenvalue weighted by molar-refractivity contribution is 9.10. The lowest BCUT2D eigenvalue weighted by Gasteiger charge is -2.21. The SMILES string of the molecule is O=C(CN(CCO)Cc1cc(Br)ccc1F)NCc1ccccc1F. The van der Waals surface area contributed by atoms with Crippen LogP contribution in [0, 0.1) is 11.6 Å². The number of aliphatic hydroxyl groups is 1. The Kier molecular flexibility index (Phi) is 7.49. The van der Waals surface area contributed by atoms with Crippen LogP contribution in [0.5, 0.6) is 0 Å². The molecule has 25 heavy (non-hydrogen) atoms. The highest BCUT2D eigenvalue weighted by atomic mass is 79.9. The van der Waals surface area contributed by atoms with Crippen molar-refractivity contribution in [2.75, 3.05) is 19.7 Å². The quantitative estimate of drug-likeness (QED) is 0.700. The minimum atomic E-state index is -0.383. The molecule has 0 atom stereocenters. The molecule has 7 heteroatoms. The lowest BCUT2D eigenvalue weighted by Crippen LogP contribution is -2.38. The van der Waals surface area contributed by atoms with E-state index in [4.69, 9.17) is 5.11 Å². The van der Waals surface area contributed by atoms with Crippen LogP contribution in [0.25, 0.3) is 0 Å².